The fourth-order valence-electron chi connectivity index (χ4n) is 10.2. The van der Waals surface area contributed by atoms with Crippen LogP contribution in [0.4, 0.5) is 0 Å². The highest BCUT2D eigenvalue weighted by atomic mass is 31.2. The molecule has 0 aliphatic carbocycles. The summed E-state index contributed by atoms with van der Waals surface area (Å²) in [6.07, 6.45) is 81.0. The average molecular weight is 1120 g/mol. The maximum Gasteiger partial charge on any atom is 0.268 e. The minimum Gasteiger partial charge on any atom is -0.756 e. The van der Waals surface area contributed by atoms with Crippen LogP contribution in [0, 0.1) is 0 Å². The average Bonchev–Trinajstić information content (AvgIpc) is 3.41. The molecule has 2 N–H and O–H groups in total. The molecule has 1 amide bonds. The van der Waals surface area contributed by atoms with Crippen molar-refractivity contribution in [2.75, 3.05) is 40.9 Å². The molecule has 0 radical (unpaired) electrons. The maximum absolute atomic E-state index is 13.0. The largest absolute Gasteiger partial charge is 0.756 e. The van der Waals surface area contributed by atoms with Crippen molar-refractivity contribution in [2.24, 2.45) is 0 Å². The van der Waals surface area contributed by atoms with Gasteiger partial charge in [-0.1, -0.05) is 306 Å². The van der Waals surface area contributed by atoms with E-state index in [-0.39, 0.29) is 12.5 Å². The first-order chi connectivity index (χ1) is 38.0. The molecule has 0 aliphatic rings. The molecule has 0 aromatic rings. The third-order valence-corrected chi connectivity index (χ3v) is 16.5. The molecular weight excluding hydrogens is 984 g/mol. The summed E-state index contributed by atoms with van der Waals surface area (Å²) in [5, 5.41) is 13.9. The predicted molar refractivity (Wildman–Crippen MR) is 339 cm³/mol. The van der Waals surface area contributed by atoms with Crippen molar-refractivity contribution in [1.29, 1.82) is 0 Å². The monoisotopic (exact) mass is 1120 g/mol. The van der Waals surface area contributed by atoms with Gasteiger partial charge in [0.15, 0.2) is 0 Å². The number of aliphatic hydroxyl groups excluding tert-OH is 1. The van der Waals surface area contributed by atoms with Gasteiger partial charge >= 0.3 is 0 Å². The molecule has 0 fully saturated rings. The van der Waals surface area contributed by atoms with Gasteiger partial charge in [0.05, 0.1) is 39.9 Å². The number of hydrogen-bond donors (Lipinski definition) is 2. The molecule has 0 spiro atoms. The smallest absolute Gasteiger partial charge is 0.268 e. The van der Waals surface area contributed by atoms with Crippen molar-refractivity contribution in [2.45, 2.75) is 347 Å². The molecule has 0 heterocycles. The lowest BCUT2D eigenvalue weighted by Crippen LogP contribution is -2.45. The lowest BCUT2D eigenvalue weighted by atomic mass is 10.0. The van der Waals surface area contributed by atoms with E-state index in [0.717, 1.165) is 44.9 Å². The predicted octanol–water partition coefficient (Wildman–Crippen LogP) is 20.8. The molecule has 0 aliphatic heterocycles. The van der Waals surface area contributed by atoms with Crippen molar-refractivity contribution < 1.29 is 32.9 Å². The number of phosphoric acid groups is 1. The summed E-state index contributed by atoms with van der Waals surface area (Å²) in [6, 6.07) is -0.910. The van der Waals surface area contributed by atoms with E-state index in [1.807, 2.05) is 27.2 Å². The number of quaternary nitrogens is 1. The number of hydrogen-bond acceptors (Lipinski definition) is 6. The third-order valence-electron chi connectivity index (χ3n) is 15.5. The molecule has 9 heteroatoms. The molecule has 78 heavy (non-hydrogen) atoms. The van der Waals surface area contributed by atoms with E-state index in [0.29, 0.717) is 17.4 Å². The van der Waals surface area contributed by atoms with Crippen molar-refractivity contribution in [3.8, 4) is 0 Å². The number of nitrogens with one attached hydrogen (secondary N) is 1. The Hall–Kier alpha value is -1.54. The van der Waals surface area contributed by atoms with Crippen LogP contribution in [0.15, 0.2) is 48.6 Å². The Morgan fingerprint density at radius 2 is 0.718 bits per heavy atom. The van der Waals surface area contributed by atoms with Crippen molar-refractivity contribution in [1.82, 2.24) is 5.32 Å². The van der Waals surface area contributed by atoms with E-state index in [9.17, 15) is 19.4 Å². The molecular formula is C69H133N2O6P. The summed E-state index contributed by atoms with van der Waals surface area (Å²) in [4.78, 5) is 25.6. The number of amides is 1. The van der Waals surface area contributed by atoms with E-state index in [1.165, 1.54) is 270 Å². The highest BCUT2D eigenvalue weighted by Crippen LogP contribution is 2.38. The summed E-state index contributed by atoms with van der Waals surface area (Å²) in [6.45, 7) is 4.65. The molecule has 8 nitrogen and oxygen atoms in total. The minimum atomic E-state index is -4.61. The fraction of sp³-hybridized carbons (Fsp3) is 0.870. The lowest BCUT2D eigenvalue weighted by Gasteiger charge is -2.29. The molecule has 0 bridgehead atoms. The van der Waals surface area contributed by atoms with E-state index >= 15 is 0 Å². The zero-order valence-electron chi connectivity index (χ0n) is 52.6. The second-order valence-corrected chi connectivity index (χ2v) is 25.9. The molecule has 0 aromatic carbocycles. The van der Waals surface area contributed by atoms with Gasteiger partial charge in [0.2, 0.25) is 5.91 Å². The molecule has 0 saturated carbocycles. The first kappa shape index (κ1) is 76.5. The van der Waals surface area contributed by atoms with Crippen LogP contribution < -0.4 is 10.2 Å². The maximum atomic E-state index is 13.0. The van der Waals surface area contributed by atoms with Gasteiger partial charge in [-0.05, 0) is 70.6 Å². The number of likely N-dealkylation sites (N-methyl/N-ethyl adjacent to an activating group) is 1. The van der Waals surface area contributed by atoms with Gasteiger partial charge in [0, 0.05) is 6.42 Å². The van der Waals surface area contributed by atoms with Gasteiger partial charge < -0.3 is 28.8 Å². The number of unbranched alkanes of at least 4 members (excludes halogenated alkanes) is 44. The Kier molecular flexibility index (Phi) is 58.9. The van der Waals surface area contributed by atoms with E-state index in [4.69, 9.17) is 9.05 Å². The third kappa shape index (κ3) is 62.1. The Labute approximate surface area is 486 Å². The summed E-state index contributed by atoms with van der Waals surface area (Å²) >= 11 is 0. The zero-order valence-corrected chi connectivity index (χ0v) is 53.5. The van der Waals surface area contributed by atoms with E-state index in [2.05, 4.69) is 55.6 Å². The SMILES string of the molecule is CCCCCCCCCC/C=C\CCCCCCCCCCCCCCCCCCCCCCCCCCCC(=O)NC(COP(=O)([O-])OCC[N+](C)(C)C)C(O)/C=C/CC/C=C/CC/C=C/CCCCCCCCCCC. The number of carbonyl (C=O) groups is 1. The van der Waals surface area contributed by atoms with Crippen LogP contribution in [0.2, 0.25) is 0 Å². The first-order valence-electron chi connectivity index (χ1n) is 34.0. The Morgan fingerprint density at radius 1 is 0.436 bits per heavy atom. The second kappa shape index (κ2) is 60.1. The van der Waals surface area contributed by atoms with Crippen LogP contribution in [0.1, 0.15) is 335 Å². The van der Waals surface area contributed by atoms with Crippen molar-refractivity contribution in [3.63, 3.8) is 0 Å². The van der Waals surface area contributed by atoms with Crippen LogP contribution in [0.3, 0.4) is 0 Å². The van der Waals surface area contributed by atoms with Gasteiger partial charge in [0.25, 0.3) is 7.82 Å². The standard InChI is InChI=1S/C69H133N2O6P/c1-6-8-10-12-14-16-18-20-22-24-26-27-28-29-30-31-32-33-34-35-36-37-38-39-40-41-42-43-45-47-49-51-53-55-57-59-61-63-69(73)70-67(66-77-78(74,75)76-65-64-71(3,4)5)68(72)62-60-58-56-54-52-50-48-46-44-25-23-21-19-17-15-13-11-9-7-2/h24,26,44,46,52,54,60,62,67-68,72H,6-23,25,27-43,45,47-51,53,55-59,61,63-66H2,1-5H3,(H-,70,73,74,75)/b26-24-,46-44+,54-52+,62-60+. The Bertz CT molecular complexity index is 1410. The fourth-order valence-corrected chi connectivity index (χ4v) is 10.9. The zero-order chi connectivity index (χ0) is 57.0. The normalized spacial score (nSPS) is 14.0. The summed E-state index contributed by atoms with van der Waals surface area (Å²) in [5.74, 6) is -0.206. The molecule has 0 saturated heterocycles. The van der Waals surface area contributed by atoms with Crippen LogP contribution in [0.5, 0.6) is 0 Å². The lowest BCUT2D eigenvalue weighted by molar-refractivity contribution is -0.870. The Morgan fingerprint density at radius 3 is 1.04 bits per heavy atom. The Balaban J connectivity index is 3.99. The number of rotatable bonds is 63. The molecule has 0 aromatic heterocycles. The van der Waals surface area contributed by atoms with Crippen LogP contribution >= 0.6 is 7.82 Å². The molecule has 0 rings (SSSR count). The van der Waals surface area contributed by atoms with Gasteiger partial charge in [-0.2, -0.15) is 0 Å². The van der Waals surface area contributed by atoms with Crippen molar-refractivity contribution in [3.05, 3.63) is 48.6 Å². The van der Waals surface area contributed by atoms with Crippen LogP contribution in [-0.4, -0.2) is 68.5 Å². The van der Waals surface area contributed by atoms with Gasteiger partial charge in [0.1, 0.15) is 13.2 Å². The highest BCUT2D eigenvalue weighted by Gasteiger charge is 2.23. The van der Waals surface area contributed by atoms with Gasteiger partial charge in [-0.25, -0.2) is 0 Å². The molecule has 3 unspecified atom stereocenters. The highest BCUT2D eigenvalue weighted by molar-refractivity contribution is 7.45. The topological polar surface area (TPSA) is 108 Å². The summed E-state index contributed by atoms with van der Waals surface area (Å²) in [7, 11) is 1.25. The van der Waals surface area contributed by atoms with Gasteiger partial charge in [-0.15, -0.1) is 0 Å². The first-order valence-corrected chi connectivity index (χ1v) is 35.5. The molecule has 460 valence electrons. The molecule has 3 atom stereocenters. The van der Waals surface area contributed by atoms with E-state index < -0.39 is 26.6 Å². The van der Waals surface area contributed by atoms with Crippen molar-refractivity contribution >= 4 is 13.7 Å². The van der Waals surface area contributed by atoms with Crippen LogP contribution in [0.25, 0.3) is 0 Å². The second-order valence-electron chi connectivity index (χ2n) is 24.5. The summed E-state index contributed by atoms with van der Waals surface area (Å²) < 4.78 is 23.4. The number of aliphatic hydroxyl groups is 1. The van der Waals surface area contributed by atoms with Crippen LogP contribution in [-0.2, 0) is 18.4 Å². The quantitative estimate of drug-likeness (QED) is 0.0272. The van der Waals surface area contributed by atoms with Gasteiger partial charge in [-0.3, -0.25) is 9.36 Å². The van der Waals surface area contributed by atoms with E-state index in [1.54, 1.807) is 6.08 Å². The number of carbonyl (C=O) groups excluding carboxylic acids is 1. The minimum absolute atomic E-state index is 0.00800. The summed E-state index contributed by atoms with van der Waals surface area (Å²) in [5.41, 5.74) is 0. The number of nitrogens with zero attached hydrogens (tertiary/aromatic N) is 1. The number of phosphoric ester groups is 1. The number of allylic oxidation sites excluding steroid dienone is 7.